The molecule has 0 N–H and O–H groups in total. The summed E-state index contributed by atoms with van der Waals surface area (Å²) >= 11 is 1.14. The SMILES string of the molecule is CCCCCCCCOc1ccc(/C=c2\sc3nc(=O)c(Cc4ccccc4)nn3c2=O)cc1OC. The average molecular weight is 506 g/mol. The molecule has 0 saturated carbocycles. The van der Waals surface area contributed by atoms with Crippen LogP contribution in [-0.2, 0) is 6.42 Å². The summed E-state index contributed by atoms with van der Waals surface area (Å²) in [5.74, 6) is 1.29. The van der Waals surface area contributed by atoms with Crippen LogP contribution in [0.25, 0.3) is 11.0 Å². The number of ether oxygens (including phenoxy) is 2. The second-order valence-electron chi connectivity index (χ2n) is 8.66. The van der Waals surface area contributed by atoms with Crippen LogP contribution in [0.4, 0.5) is 0 Å². The number of unbranched alkanes of at least 4 members (excludes halogenated alkanes) is 5. The van der Waals surface area contributed by atoms with E-state index in [0.29, 0.717) is 29.1 Å². The van der Waals surface area contributed by atoms with E-state index < -0.39 is 5.56 Å². The molecule has 0 amide bonds. The highest BCUT2D eigenvalue weighted by Crippen LogP contribution is 2.28. The van der Waals surface area contributed by atoms with Crippen molar-refractivity contribution in [2.24, 2.45) is 0 Å². The van der Waals surface area contributed by atoms with Crippen molar-refractivity contribution in [3.63, 3.8) is 0 Å². The molecule has 188 valence electrons. The highest BCUT2D eigenvalue weighted by atomic mass is 32.1. The molecule has 2 aromatic heterocycles. The summed E-state index contributed by atoms with van der Waals surface area (Å²) in [7, 11) is 1.60. The number of hydrogen-bond donors (Lipinski definition) is 0. The third kappa shape index (κ3) is 6.37. The zero-order valence-corrected chi connectivity index (χ0v) is 21.6. The van der Waals surface area contributed by atoms with Crippen molar-refractivity contribution in [3.8, 4) is 11.5 Å². The standard InChI is InChI=1S/C28H31N3O4S/c1-3-4-5-6-7-11-16-35-23-15-14-21(18-24(23)34-2)19-25-27(33)31-28(36-25)29-26(32)22(30-31)17-20-12-9-8-10-13-20/h8-10,12-15,18-19H,3-7,11,16-17H2,1-2H3/b25-19-. The summed E-state index contributed by atoms with van der Waals surface area (Å²) in [6, 6.07) is 15.1. The third-order valence-electron chi connectivity index (χ3n) is 5.91. The lowest BCUT2D eigenvalue weighted by Gasteiger charge is -2.11. The van der Waals surface area contributed by atoms with Gasteiger partial charge in [-0.1, -0.05) is 86.8 Å². The molecule has 0 atom stereocenters. The minimum Gasteiger partial charge on any atom is -0.493 e. The van der Waals surface area contributed by atoms with Crippen molar-refractivity contribution < 1.29 is 9.47 Å². The highest BCUT2D eigenvalue weighted by Gasteiger charge is 2.12. The molecule has 0 fully saturated rings. The number of hydrogen-bond acceptors (Lipinski definition) is 7. The van der Waals surface area contributed by atoms with Crippen molar-refractivity contribution in [1.29, 1.82) is 0 Å². The summed E-state index contributed by atoms with van der Waals surface area (Å²) in [5.41, 5.74) is 1.24. The van der Waals surface area contributed by atoms with Crippen LogP contribution < -0.4 is 25.1 Å². The quantitative estimate of drug-likeness (QED) is 0.266. The minimum atomic E-state index is -0.416. The molecule has 8 heteroatoms. The second kappa shape index (κ2) is 12.4. The van der Waals surface area contributed by atoms with Gasteiger partial charge in [-0.05, 0) is 35.8 Å². The first-order valence-corrected chi connectivity index (χ1v) is 13.2. The number of fused-ring (bicyclic) bond motifs is 1. The van der Waals surface area contributed by atoms with E-state index in [2.05, 4.69) is 17.0 Å². The molecule has 4 rings (SSSR count). The molecule has 0 unspecified atom stereocenters. The van der Waals surface area contributed by atoms with Crippen molar-refractivity contribution >= 4 is 22.4 Å². The Labute approximate surface area is 214 Å². The molecule has 2 heterocycles. The molecule has 0 aliphatic rings. The van der Waals surface area contributed by atoms with Crippen LogP contribution in [0.5, 0.6) is 11.5 Å². The monoisotopic (exact) mass is 505 g/mol. The van der Waals surface area contributed by atoms with E-state index in [0.717, 1.165) is 35.3 Å². The van der Waals surface area contributed by atoms with Gasteiger partial charge >= 0.3 is 0 Å². The molecule has 0 aliphatic carbocycles. The Morgan fingerprint density at radius 2 is 1.75 bits per heavy atom. The van der Waals surface area contributed by atoms with Crippen LogP contribution >= 0.6 is 11.3 Å². The van der Waals surface area contributed by atoms with Gasteiger partial charge in [0.1, 0.15) is 5.69 Å². The zero-order chi connectivity index (χ0) is 25.3. The van der Waals surface area contributed by atoms with Crippen LogP contribution in [-0.4, -0.2) is 28.3 Å². The Hall–Kier alpha value is -3.52. The summed E-state index contributed by atoms with van der Waals surface area (Å²) in [5, 5.41) is 4.32. The molecule has 0 spiro atoms. The predicted octanol–water partition coefficient (Wildman–Crippen LogP) is 4.40. The van der Waals surface area contributed by atoms with E-state index in [4.69, 9.17) is 9.47 Å². The average Bonchev–Trinajstić information content (AvgIpc) is 3.18. The number of aromatic nitrogens is 3. The van der Waals surface area contributed by atoms with E-state index >= 15 is 0 Å². The molecule has 4 aromatic rings. The maximum atomic E-state index is 13.0. The van der Waals surface area contributed by atoms with Crippen LogP contribution in [0.3, 0.4) is 0 Å². The Kier molecular flexibility index (Phi) is 8.84. The first-order chi connectivity index (χ1) is 17.6. The van der Waals surface area contributed by atoms with Crippen LogP contribution in [0, 0.1) is 0 Å². The van der Waals surface area contributed by atoms with Gasteiger partial charge in [0.25, 0.3) is 11.1 Å². The first-order valence-electron chi connectivity index (χ1n) is 12.4. The molecule has 2 aromatic carbocycles. The predicted molar refractivity (Wildman–Crippen MR) is 143 cm³/mol. The largest absolute Gasteiger partial charge is 0.493 e. The van der Waals surface area contributed by atoms with Crippen LogP contribution in [0.2, 0.25) is 0 Å². The molecule has 0 aliphatic heterocycles. The Morgan fingerprint density at radius 1 is 0.972 bits per heavy atom. The Morgan fingerprint density at radius 3 is 2.53 bits per heavy atom. The third-order valence-corrected chi connectivity index (χ3v) is 6.86. The lowest BCUT2D eigenvalue weighted by molar-refractivity contribution is 0.284. The van der Waals surface area contributed by atoms with Crippen LogP contribution in [0.1, 0.15) is 62.3 Å². The van der Waals surface area contributed by atoms with Crippen molar-refractivity contribution in [1.82, 2.24) is 14.6 Å². The van der Waals surface area contributed by atoms with E-state index in [9.17, 15) is 9.59 Å². The maximum absolute atomic E-state index is 13.0. The van der Waals surface area contributed by atoms with E-state index in [1.165, 1.54) is 30.2 Å². The molecular weight excluding hydrogens is 474 g/mol. The highest BCUT2D eigenvalue weighted by molar-refractivity contribution is 7.15. The summed E-state index contributed by atoms with van der Waals surface area (Å²) in [6.45, 7) is 2.86. The number of nitrogens with zero attached hydrogens (tertiary/aromatic N) is 3. The fraction of sp³-hybridized carbons (Fsp3) is 0.357. The van der Waals surface area contributed by atoms with Gasteiger partial charge in [-0.25, -0.2) is 0 Å². The lowest BCUT2D eigenvalue weighted by atomic mass is 10.1. The zero-order valence-electron chi connectivity index (χ0n) is 20.7. The van der Waals surface area contributed by atoms with E-state index in [1.54, 1.807) is 13.2 Å². The van der Waals surface area contributed by atoms with Crippen LogP contribution in [0.15, 0.2) is 58.1 Å². The topological polar surface area (TPSA) is 82.8 Å². The number of rotatable bonds is 12. The van der Waals surface area contributed by atoms with Crippen molar-refractivity contribution in [2.45, 2.75) is 51.9 Å². The molecule has 7 nitrogen and oxygen atoms in total. The van der Waals surface area contributed by atoms with E-state index in [-0.39, 0.29) is 16.2 Å². The van der Waals surface area contributed by atoms with Crippen molar-refractivity contribution in [2.75, 3.05) is 13.7 Å². The van der Waals surface area contributed by atoms with Gasteiger partial charge in [0.2, 0.25) is 4.96 Å². The minimum absolute atomic E-state index is 0.244. The fourth-order valence-corrected chi connectivity index (χ4v) is 4.85. The van der Waals surface area contributed by atoms with Gasteiger partial charge in [0.15, 0.2) is 11.5 Å². The first kappa shape index (κ1) is 25.6. The molecular formula is C28H31N3O4S. The summed E-state index contributed by atoms with van der Waals surface area (Å²) < 4.78 is 13.1. The smallest absolute Gasteiger partial charge is 0.296 e. The lowest BCUT2D eigenvalue weighted by Crippen LogP contribution is -2.28. The number of thiazole rings is 1. The van der Waals surface area contributed by atoms with Gasteiger partial charge in [0.05, 0.1) is 18.2 Å². The molecule has 36 heavy (non-hydrogen) atoms. The van der Waals surface area contributed by atoms with E-state index in [1.807, 2.05) is 48.5 Å². The number of benzene rings is 2. The maximum Gasteiger partial charge on any atom is 0.296 e. The fourth-order valence-electron chi connectivity index (χ4n) is 3.95. The molecule has 0 saturated heterocycles. The van der Waals surface area contributed by atoms with Gasteiger partial charge in [-0.15, -0.1) is 0 Å². The second-order valence-corrected chi connectivity index (χ2v) is 9.67. The van der Waals surface area contributed by atoms with Gasteiger partial charge < -0.3 is 9.47 Å². The molecule has 0 bridgehead atoms. The van der Waals surface area contributed by atoms with Crippen molar-refractivity contribution in [3.05, 3.63) is 90.6 Å². The summed E-state index contributed by atoms with van der Waals surface area (Å²) in [4.78, 5) is 29.9. The van der Waals surface area contributed by atoms with Gasteiger partial charge in [0, 0.05) is 6.42 Å². The summed E-state index contributed by atoms with van der Waals surface area (Å²) in [6.07, 6.45) is 9.28. The normalized spacial score (nSPS) is 11.8. The van der Waals surface area contributed by atoms with Gasteiger partial charge in [-0.3, -0.25) is 9.59 Å². The Balaban J connectivity index is 1.52. The Bertz CT molecular complexity index is 1460. The molecule has 0 radical (unpaired) electrons. The number of methoxy groups -OCH3 is 1. The van der Waals surface area contributed by atoms with Gasteiger partial charge in [-0.2, -0.15) is 14.6 Å².